The van der Waals surface area contributed by atoms with Gasteiger partial charge in [0.05, 0.1) is 5.54 Å². The normalized spacial score (nSPS) is 11.5. The smallest absolute Gasteiger partial charge is 0.387 e. The maximum atomic E-state index is 12.0. The number of anilines is 1. The summed E-state index contributed by atoms with van der Waals surface area (Å²) in [6.07, 6.45) is 1.03. The van der Waals surface area contributed by atoms with Crippen LogP contribution in [0.25, 0.3) is 0 Å². The van der Waals surface area contributed by atoms with E-state index in [1.165, 1.54) is 24.3 Å². The lowest BCUT2D eigenvalue weighted by atomic mass is 9.93. The predicted molar refractivity (Wildman–Crippen MR) is 69.2 cm³/mol. The molecule has 0 saturated heterocycles. The summed E-state index contributed by atoms with van der Waals surface area (Å²) in [6.45, 7) is 0.808. The van der Waals surface area contributed by atoms with E-state index in [-0.39, 0.29) is 11.7 Å². The topological polar surface area (TPSA) is 64.4 Å². The van der Waals surface area contributed by atoms with E-state index in [1.807, 2.05) is 13.8 Å². The first-order chi connectivity index (χ1) is 8.91. The first-order valence-corrected chi connectivity index (χ1v) is 6.06. The maximum absolute atomic E-state index is 12.0. The number of rotatable bonds is 6. The molecular formula is C13H18F2N2O2. The molecule has 0 unspecified atom stereocenters. The van der Waals surface area contributed by atoms with Gasteiger partial charge >= 0.3 is 6.61 Å². The van der Waals surface area contributed by atoms with Gasteiger partial charge in [0.1, 0.15) is 5.75 Å². The lowest BCUT2D eigenvalue weighted by molar-refractivity contribution is -0.121. The number of hydrogen-bond acceptors (Lipinski definition) is 3. The predicted octanol–water partition coefficient (Wildman–Crippen LogP) is 2.74. The Bertz CT molecular complexity index is 417. The number of benzene rings is 1. The van der Waals surface area contributed by atoms with E-state index in [4.69, 9.17) is 5.73 Å². The number of carbonyl (C=O) groups excluding carboxylic acids is 1. The van der Waals surface area contributed by atoms with Crippen LogP contribution in [0.15, 0.2) is 24.3 Å². The summed E-state index contributed by atoms with van der Waals surface area (Å²) in [5.74, 6) is -0.252. The minimum Gasteiger partial charge on any atom is -0.435 e. The number of amides is 1. The van der Waals surface area contributed by atoms with Gasteiger partial charge in [-0.2, -0.15) is 8.78 Å². The Morgan fingerprint density at radius 3 is 2.26 bits per heavy atom. The number of halogens is 2. The van der Waals surface area contributed by atoms with Crippen LogP contribution in [-0.4, -0.2) is 18.1 Å². The van der Waals surface area contributed by atoms with Gasteiger partial charge in [-0.3, -0.25) is 4.79 Å². The van der Waals surface area contributed by atoms with Crippen LogP contribution in [0, 0.1) is 0 Å². The average molecular weight is 272 g/mol. The third-order valence-corrected chi connectivity index (χ3v) is 3.05. The standard InChI is InChI=1S/C13H18F2N2O2/c1-3-13(16,4-2)11(18)17-9-5-7-10(8-6-9)19-12(14)15/h5-8,12H,3-4,16H2,1-2H3,(H,17,18). The third-order valence-electron chi connectivity index (χ3n) is 3.05. The van der Waals surface area contributed by atoms with Gasteiger partial charge in [0, 0.05) is 5.69 Å². The molecule has 1 amide bonds. The fraction of sp³-hybridized carbons (Fsp3) is 0.462. The van der Waals surface area contributed by atoms with Crippen LogP contribution >= 0.6 is 0 Å². The summed E-state index contributed by atoms with van der Waals surface area (Å²) in [5, 5.41) is 2.66. The van der Waals surface area contributed by atoms with Crippen molar-refractivity contribution in [2.24, 2.45) is 5.73 Å². The Morgan fingerprint density at radius 2 is 1.84 bits per heavy atom. The minimum atomic E-state index is -2.86. The molecule has 0 aromatic heterocycles. The summed E-state index contributed by atoms with van der Waals surface area (Å²) in [5.41, 5.74) is 5.52. The van der Waals surface area contributed by atoms with E-state index in [9.17, 15) is 13.6 Å². The molecule has 1 aromatic rings. The van der Waals surface area contributed by atoms with Crippen molar-refractivity contribution < 1.29 is 18.3 Å². The van der Waals surface area contributed by atoms with Crippen molar-refractivity contribution in [1.82, 2.24) is 0 Å². The summed E-state index contributed by atoms with van der Waals surface area (Å²) >= 11 is 0. The summed E-state index contributed by atoms with van der Waals surface area (Å²) in [4.78, 5) is 12.0. The highest BCUT2D eigenvalue weighted by atomic mass is 19.3. The zero-order chi connectivity index (χ0) is 14.5. The first-order valence-electron chi connectivity index (χ1n) is 6.06. The van der Waals surface area contributed by atoms with Crippen LogP contribution in [0.5, 0.6) is 5.75 Å². The van der Waals surface area contributed by atoms with E-state index < -0.39 is 12.2 Å². The van der Waals surface area contributed by atoms with Crippen molar-refractivity contribution in [3.8, 4) is 5.75 Å². The minimum absolute atomic E-state index is 0.0398. The van der Waals surface area contributed by atoms with Gasteiger partial charge in [-0.15, -0.1) is 0 Å². The molecule has 3 N–H and O–H groups in total. The van der Waals surface area contributed by atoms with Crippen LogP contribution < -0.4 is 15.8 Å². The van der Waals surface area contributed by atoms with E-state index in [0.29, 0.717) is 18.5 Å². The molecular weight excluding hydrogens is 254 g/mol. The molecule has 1 aromatic carbocycles. The molecule has 0 aliphatic rings. The van der Waals surface area contributed by atoms with E-state index >= 15 is 0 Å². The van der Waals surface area contributed by atoms with E-state index in [2.05, 4.69) is 10.1 Å². The fourth-order valence-corrected chi connectivity index (χ4v) is 1.55. The molecule has 106 valence electrons. The van der Waals surface area contributed by atoms with Crippen LogP contribution in [0.3, 0.4) is 0 Å². The molecule has 0 bridgehead atoms. The quantitative estimate of drug-likeness (QED) is 0.837. The second-order valence-corrected chi connectivity index (χ2v) is 4.22. The summed E-state index contributed by atoms with van der Waals surface area (Å²) in [7, 11) is 0. The molecule has 0 aliphatic carbocycles. The molecule has 19 heavy (non-hydrogen) atoms. The second-order valence-electron chi connectivity index (χ2n) is 4.22. The zero-order valence-corrected chi connectivity index (χ0v) is 11.0. The van der Waals surface area contributed by atoms with Gasteiger partial charge in [0.25, 0.3) is 0 Å². The van der Waals surface area contributed by atoms with Crippen LogP contribution in [0.4, 0.5) is 14.5 Å². The Morgan fingerprint density at radius 1 is 1.32 bits per heavy atom. The average Bonchev–Trinajstić information content (AvgIpc) is 2.39. The second kappa shape index (κ2) is 6.47. The van der Waals surface area contributed by atoms with Crippen molar-refractivity contribution in [1.29, 1.82) is 0 Å². The number of nitrogens with one attached hydrogen (secondary N) is 1. The lowest BCUT2D eigenvalue weighted by Gasteiger charge is -2.25. The largest absolute Gasteiger partial charge is 0.435 e. The van der Waals surface area contributed by atoms with Gasteiger partial charge in [-0.1, -0.05) is 13.8 Å². The number of alkyl halides is 2. The Balaban J connectivity index is 2.70. The van der Waals surface area contributed by atoms with Gasteiger partial charge in [0.2, 0.25) is 5.91 Å². The SMILES string of the molecule is CCC(N)(CC)C(=O)Nc1ccc(OC(F)F)cc1. The van der Waals surface area contributed by atoms with Crippen LogP contribution in [0.1, 0.15) is 26.7 Å². The number of hydrogen-bond donors (Lipinski definition) is 2. The van der Waals surface area contributed by atoms with Crippen molar-refractivity contribution in [3.63, 3.8) is 0 Å². The first kappa shape index (κ1) is 15.4. The molecule has 1 rings (SSSR count). The Kier molecular flexibility index (Phi) is 5.23. The fourth-order valence-electron chi connectivity index (χ4n) is 1.55. The van der Waals surface area contributed by atoms with Crippen molar-refractivity contribution >= 4 is 11.6 Å². The summed E-state index contributed by atoms with van der Waals surface area (Å²) < 4.78 is 28.2. The molecule has 0 spiro atoms. The third kappa shape index (κ3) is 4.17. The van der Waals surface area contributed by atoms with Crippen LogP contribution in [-0.2, 0) is 4.79 Å². The Hall–Kier alpha value is -1.69. The monoisotopic (exact) mass is 272 g/mol. The number of ether oxygens (including phenoxy) is 1. The molecule has 0 saturated carbocycles. The van der Waals surface area contributed by atoms with Gasteiger partial charge < -0.3 is 15.8 Å². The van der Waals surface area contributed by atoms with Crippen LogP contribution in [0.2, 0.25) is 0 Å². The molecule has 0 aliphatic heterocycles. The van der Waals surface area contributed by atoms with Crippen molar-refractivity contribution in [2.45, 2.75) is 38.8 Å². The lowest BCUT2D eigenvalue weighted by Crippen LogP contribution is -2.50. The molecule has 0 heterocycles. The number of nitrogens with two attached hydrogens (primary N) is 1. The van der Waals surface area contributed by atoms with Gasteiger partial charge in [0.15, 0.2) is 0 Å². The van der Waals surface area contributed by atoms with Gasteiger partial charge in [-0.25, -0.2) is 0 Å². The highest BCUT2D eigenvalue weighted by molar-refractivity contribution is 5.97. The van der Waals surface area contributed by atoms with Gasteiger partial charge in [-0.05, 0) is 37.1 Å². The molecule has 4 nitrogen and oxygen atoms in total. The summed E-state index contributed by atoms with van der Waals surface area (Å²) in [6, 6.07) is 5.69. The number of carbonyl (C=O) groups is 1. The molecule has 0 atom stereocenters. The molecule has 0 radical (unpaired) electrons. The van der Waals surface area contributed by atoms with Crippen molar-refractivity contribution in [3.05, 3.63) is 24.3 Å². The highest BCUT2D eigenvalue weighted by Gasteiger charge is 2.29. The molecule has 6 heteroatoms. The van der Waals surface area contributed by atoms with E-state index in [0.717, 1.165) is 0 Å². The molecule has 0 fully saturated rings. The Labute approximate surface area is 110 Å². The highest BCUT2D eigenvalue weighted by Crippen LogP contribution is 2.20. The zero-order valence-electron chi connectivity index (χ0n) is 11.0. The maximum Gasteiger partial charge on any atom is 0.387 e. The van der Waals surface area contributed by atoms with E-state index in [1.54, 1.807) is 0 Å². The van der Waals surface area contributed by atoms with Crippen molar-refractivity contribution in [2.75, 3.05) is 5.32 Å².